The van der Waals surface area contributed by atoms with Gasteiger partial charge in [0, 0.05) is 6.54 Å². The molecule has 4 N–H and O–H groups in total. The Bertz CT molecular complexity index is 181. The van der Waals surface area contributed by atoms with Gasteiger partial charge < -0.3 is 29.3 Å². The summed E-state index contributed by atoms with van der Waals surface area (Å²) < 4.78 is 11.1. The van der Waals surface area contributed by atoms with Crippen LogP contribution in [0.25, 0.3) is 0 Å². The number of nitrogens with zero attached hydrogens (tertiary/aromatic N) is 1. The van der Waals surface area contributed by atoms with E-state index in [4.69, 9.17) is 24.8 Å². The van der Waals surface area contributed by atoms with Crippen LogP contribution in [0.15, 0.2) is 0 Å². The van der Waals surface area contributed by atoms with Crippen LogP contribution >= 0.6 is 8.60 Å². The predicted octanol–water partition coefficient (Wildman–Crippen LogP) is 1.07. The van der Waals surface area contributed by atoms with E-state index < -0.39 is 8.60 Å². The Kier molecular flexibility index (Phi) is 16.5. The first-order chi connectivity index (χ1) is 9.10. The van der Waals surface area contributed by atoms with Crippen LogP contribution in [-0.2, 0) is 9.26 Å². The summed E-state index contributed by atoms with van der Waals surface area (Å²) in [7, 11) is -2.24. The smallest absolute Gasteiger partial charge is 0.327 e. The van der Waals surface area contributed by atoms with Crippen molar-refractivity contribution in [2.24, 2.45) is 5.73 Å². The van der Waals surface area contributed by atoms with Crippen molar-refractivity contribution in [3.63, 3.8) is 0 Å². The molecule has 0 aliphatic carbocycles. The van der Waals surface area contributed by atoms with Crippen LogP contribution in [0.4, 0.5) is 0 Å². The van der Waals surface area contributed by atoms with Gasteiger partial charge in [-0.05, 0) is 13.8 Å². The minimum absolute atomic E-state index is 0.358. The van der Waals surface area contributed by atoms with E-state index in [1.165, 1.54) is 0 Å². The molecule has 0 spiro atoms. The molecule has 0 rings (SSSR count). The SMILES string of the molecule is CC.CC[N+](CC)(CCOCCN)CCOP(O)O. The lowest BCUT2D eigenvalue weighted by molar-refractivity contribution is -0.925. The summed E-state index contributed by atoms with van der Waals surface area (Å²) in [6.07, 6.45) is 0. The molecule has 0 saturated heterocycles. The Morgan fingerprint density at radius 3 is 1.95 bits per heavy atom. The molecule has 0 amide bonds. The summed E-state index contributed by atoms with van der Waals surface area (Å²) in [5.74, 6) is 0. The minimum Gasteiger partial charge on any atom is -0.374 e. The predicted molar refractivity (Wildman–Crippen MR) is 79.6 cm³/mol. The number of ether oxygens (including phenoxy) is 1. The maximum absolute atomic E-state index is 8.69. The van der Waals surface area contributed by atoms with Gasteiger partial charge in [-0.15, -0.1) is 0 Å². The van der Waals surface area contributed by atoms with Crippen LogP contribution in [0, 0.1) is 0 Å². The maximum atomic E-state index is 8.69. The van der Waals surface area contributed by atoms with Crippen LogP contribution < -0.4 is 5.73 Å². The maximum Gasteiger partial charge on any atom is 0.327 e. The Morgan fingerprint density at radius 2 is 1.53 bits per heavy atom. The van der Waals surface area contributed by atoms with Gasteiger partial charge in [-0.1, -0.05) is 13.8 Å². The molecular weight excluding hydrogens is 267 g/mol. The minimum atomic E-state index is -2.24. The average Bonchev–Trinajstić information content (AvgIpc) is 2.43. The largest absolute Gasteiger partial charge is 0.374 e. The van der Waals surface area contributed by atoms with E-state index in [-0.39, 0.29) is 0 Å². The lowest BCUT2D eigenvalue weighted by Gasteiger charge is -2.36. The van der Waals surface area contributed by atoms with Crippen molar-refractivity contribution in [2.45, 2.75) is 27.7 Å². The summed E-state index contributed by atoms with van der Waals surface area (Å²) in [5.41, 5.74) is 5.35. The van der Waals surface area contributed by atoms with Crippen molar-refractivity contribution >= 4 is 8.60 Å². The fourth-order valence-corrected chi connectivity index (χ4v) is 1.97. The molecule has 118 valence electrons. The van der Waals surface area contributed by atoms with E-state index in [1.54, 1.807) is 0 Å². The number of quaternary nitrogens is 1. The highest BCUT2D eigenvalue weighted by atomic mass is 31.2. The molecule has 0 unspecified atom stereocenters. The molecule has 0 heterocycles. The Hall–Kier alpha value is 0.190. The van der Waals surface area contributed by atoms with E-state index in [0.29, 0.717) is 26.4 Å². The van der Waals surface area contributed by atoms with Crippen molar-refractivity contribution in [3.05, 3.63) is 0 Å². The van der Waals surface area contributed by atoms with Gasteiger partial charge >= 0.3 is 8.60 Å². The molecule has 0 aromatic heterocycles. The fourth-order valence-electron chi connectivity index (χ4n) is 1.73. The summed E-state index contributed by atoms with van der Waals surface area (Å²) in [4.78, 5) is 17.4. The third kappa shape index (κ3) is 11.7. The number of nitrogens with two attached hydrogens (primary N) is 1. The van der Waals surface area contributed by atoms with Crippen LogP contribution in [0.3, 0.4) is 0 Å². The zero-order valence-corrected chi connectivity index (χ0v) is 13.7. The van der Waals surface area contributed by atoms with Crippen LogP contribution in [0.5, 0.6) is 0 Å². The summed E-state index contributed by atoms with van der Waals surface area (Å²) in [6.45, 7) is 14.0. The number of likely N-dealkylation sites (N-methyl/N-ethyl adjacent to an activating group) is 1. The standard InChI is InChI=1S/C10H26N2O4P.C2H6/c1-3-12(4-2,6-9-15-8-5-11)7-10-16-17(13)14;1-2/h13-14H,3-11H2,1-2H3;1-2H3/q+1;. The normalized spacial score (nSPS) is 11.4. The van der Waals surface area contributed by atoms with Gasteiger partial charge in [-0.3, -0.25) is 0 Å². The van der Waals surface area contributed by atoms with E-state index in [9.17, 15) is 0 Å². The lowest BCUT2D eigenvalue weighted by atomic mass is 10.3. The van der Waals surface area contributed by atoms with Crippen molar-refractivity contribution in [3.8, 4) is 0 Å². The molecule has 0 fully saturated rings. The Morgan fingerprint density at radius 1 is 1.00 bits per heavy atom. The highest BCUT2D eigenvalue weighted by Crippen LogP contribution is 2.24. The molecule has 6 nitrogen and oxygen atoms in total. The highest BCUT2D eigenvalue weighted by molar-refractivity contribution is 7.39. The van der Waals surface area contributed by atoms with Gasteiger partial charge in [0.05, 0.1) is 26.3 Å². The van der Waals surface area contributed by atoms with Gasteiger partial charge in [0.15, 0.2) is 0 Å². The molecule has 0 bridgehead atoms. The molecular formula is C12H32N2O4P+. The lowest BCUT2D eigenvalue weighted by Crippen LogP contribution is -2.51. The molecule has 0 aromatic rings. The third-order valence-electron chi connectivity index (χ3n) is 3.09. The summed E-state index contributed by atoms with van der Waals surface area (Å²) in [6, 6.07) is 0. The summed E-state index contributed by atoms with van der Waals surface area (Å²) >= 11 is 0. The highest BCUT2D eigenvalue weighted by Gasteiger charge is 2.23. The van der Waals surface area contributed by atoms with Crippen molar-refractivity contribution in [1.82, 2.24) is 0 Å². The first-order valence-corrected chi connectivity index (χ1v) is 8.20. The Balaban J connectivity index is 0. The molecule has 0 aliphatic heterocycles. The van der Waals surface area contributed by atoms with Crippen molar-refractivity contribution in [2.75, 3.05) is 52.5 Å². The molecule has 0 saturated carbocycles. The van der Waals surface area contributed by atoms with Crippen LogP contribution in [-0.4, -0.2) is 66.8 Å². The van der Waals surface area contributed by atoms with Gasteiger partial charge in [0.1, 0.15) is 19.7 Å². The second-order valence-electron chi connectivity index (χ2n) is 3.91. The second-order valence-corrected chi connectivity index (χ2v) is 4.67. The van der Waals surface area contributed by atoms with Gasteiger partial charge in [0.25, 0.3) is 0 Å². The van der Waals surface area contributed by atoms with Crippen LogP contribution in [0.1, 0.15) is 27.7 Å². The first kappa shape index (κ1) is 21.5. The molecule has 0 radical (unpaired) electrons. The van der Waals surface area contributed by atoms with E-state index in [1.807, 2.05) is 13.8 Å². The first-order valence-electron chi connectivity index (χ1n) is 7.04. The molecule has 7 heteroatoms. The second kappa shape index (κ2) is 14.6. The Labute approximate surface area is 119 Å². The van der Waals surface area contributed by atoms with Crippen molar-refractivity contribution < 1.29 is 23.5 Å². The monoisotopic (exact) mass is 299 g/mol. The van der Waals surface area contributed by atoms with Crippen LogP contribution in [0.2, 0.25) is 0 Å². The quantitative estimate of drug-likeness (QED) is 0.302. The van der Waals surface area contributed by atoms with Gasteiger partial charge in [0.2, 0.25) is 0 Å². The third-order valence-corrected chi connectivity index (χ3v) is 3.50. The average molecular weight is 299 g/mol. The molecule has 0 atom stereocenters. The fraction of sp³-hybridized carbons (Fsp3) is 1.00. The van der Waals surface area contributed by atoms with E-state index >= 15 is 0 Å². The molecule has 0 aliphatic rings. The van der Waals surface area contributed by atoms with Crippen molar-refractivity contribution in [1.29, 1.82) is 0 Å². The number of rotatable bonds is 11. The summed E-state index contributed by atoms with van der Waals surface area (Å²) in [5, 5.41) is 0. The molecule has 19 heavy (non-hydrogen) atoms. The number of hydrogen-bond acceptors (Lipinski definition) is 5. The molecule has 0 aromatic carbocycles. The van der Waals surface area contributed by atoms with E-state index in [0.717, 1.165) is 30.7 Å². The van der Waals surface area contributed by atoms with E-state index in [2.05, 4.69) is 13.8 Å². The number of hydrogen-bond donors (Lipinski definition) is 3. The van der Waals surface area contributed by atoms with Gasteiger partial charge in [-0.2, -0.15) is 0 Å². The zero-order chi connectivity index (χ0) is 15.1. The van der Waals surface area contributed by atoms with Gasteiger partial charge in [-0.25, -0.2) is 0 Å². The topological polar surface area (TPSA) is 84.9 Å². The zero-order valence-electron chi connectivity index (χ0n) is 12.8.